The lowest BCUT2D eigenvalue weighted by molar-refractivity contribution is 0.0954. The number of pyridine rings is 1. The summed E-state index contributed by atoms with van der Waals surface area (Å²) >= 11 is 0. The van der Waals surface area contributed by atoms with Crippen LogP contribution in [0.25, 0.3) is 0 Å². The van der Waals surface area contributed by atoms with Crippen LogP contribution in [0.15, 0.2) is 42.6 Å². The van der Waals surface area contributed by atoms with Gasteiger partial charge in [-0.2, -0.15) is 0 Å². The molecule has 1 amide bonds. The molecule has 0 unspecified atom stereocenters. The summed E-state index contributed by atoms with van der Waals surface area (Å²) in [5.74, 6) is 0.820. The van der Waals surface area contributed by atoms with Crippen LogP contribution in [0.1, 0.15) is 36.2 Å². The number of nitrogens with one attached hydrogen (secondary N) is 1. The number of nitrogens with zero attached hydrogens (tertiary/aromatic N) is 2. The Morgan fingerprint density at radius 2 is 1.81 bits per heavy atom. The van der Waals surface area contributed by atoms with E-state index in [2.05, 4.69) is 29.0 Å². The van der Waals surface area contributed by atoms with Gasteiger partial charge in [0.05, 0.1) is 5.56 Å². The fourth-order valence-electron chi connectivity index (χ4n) is 2.52. The predicted octanol–water partition coefficient (Wildman–Crippen LogP) is 3.72. The topological polar surface area (TPSA) is 71.2 Å². The van der Waals surface area contributed by atoms with Crippen molar-refractivity contribution in [2.45, 2.75) is 26.7 Å². The zero-order valence-electron chi connectivity index (χ0n) is 15.3. The molecular weight excluding hydrogens is 371 g/mol. The standard InChI is InChI=1S/C19H26N4O.2ClH/c1-3-13-23(4-2)18-10-7-16(14-22-18)19(24)21-12-11-15-5-8-17(20)9-6-15;;/h5-10,14H,3-4,11-13,20H2,1-2H3,(H,21,24);2*1H. The van der Waals surface area contributed by atoms with Crippen LogP contribution in [0.2, 0.25) is 0 Å². The molecule has 3 N–H and O–H groups in total. The molecule has 0 fully saturated rings. The first-order valence-corrected chi connectivity index (χ1v) is 8.47. The van der Waals surface area contributed by atoms with E-state index < -0.39 is 0 Å². The molecule has 7 heteroatoms. The number of aromatic nitrogens is 1. The third-order valence-electron chi connectivity index (χ3n) is 3.89. The van der Waals surface area contributed by atoms with E-state index in [9.17, 15) is 4.79 Å². The summed E-state index contributed by atoms with van der Waals surface area (Å²) in [5.41, 5.74) is 8.15. The van der Waals surface area contributed by atoms with Crippen molar-refractivity contribution < 1.29 is 4.79 Å². The maximum atomic E-state index is 12.2. The van der Waals surface area contributed by atoms with E-state index in [0.717, 1.165) is 43.0 Å². The van der Waals surface area contributed by atoms with E-state index in [-0.39, 0.29) is 30.7 Å². The third kappa shape index (κ3) is 7.10. The van der Waals surface area contributed by atoms with Crippen molar-refractivity contribution in [1.29, 1.82) is 0 Å². The number of halogens is 2. The third-order valence-corrected chi connectivity index (χ3v) is 3.89. The largest absolute Gasteiger partial charge is 0.399 e. The molecule has 1 aromatic heterocycles. The van der Waals surface area contributed by atoms with Crippen LogP contribution < -0.4 is 16.0 Å². The molecule has 2 rings (SSSR count). The van der Waals surface area contributed by atoms with E-state index in [1.807, 2.05) is 36.4 Å². The Morgan fingerprint density at radius 1 is 1.12 bits per heavy atom. The highest BCUT2D eigenvalue weighted by Crippen LogP contribution is 2.12. The number of amides is 1. The predicted molar refractivity (Wildman–Crippen MR) is 114 cm³/mol. The molecule has 0 radical (unpaired) electrons. The molecule has 1 aromatic carbocycles. The second-order valence-corrected chi connectivity index (χ2v) is 5.73. The van der Waals surface area contributed by atoms with Crippen LogP contribution in [0.3, 0.4) is 0 Å². The van der Waals surface area contributed by atoms with Gasteiger partial charge in [0.25, 0.3) is 5.91 Å². The number of nitrogens with two attached hydrogens (primary N) is 1. The minimum Gasteiger partial charge on any atom is -0.399 e. The molecule has 2 aromatic rings. The number of hydrogen-bond acceptors (Lipinski definition) is 4. The second-order valence-electron chi connectivity index (χ2n) is 5.73. The maximum absolute atomic E-state index is 12.2. The van der Waals surface area contributed by atoms with Crippen molar-refractivity contribution in [3.8, 4) is 0 Å². The Kier molecular flexibility index (Phi) is 11.4. The fraction of sp³-hybridized carbons (Fsp3) is 0.368. The number of nitrogen functional groups attached to an aromatic ring is 1. The van der Waals surface area contributed by atoms with E-state index in [4.69, 9.17) is 5.73 Å². The molecule has 1 heterocycles. The smallest absolute Gasteiger partial charge is 0.252 e. The normalized spacial score (nSPS) is 9.62. The molecular formula is C19H28Cl2N4O. The summed E-state index contributed by atoms with van der Waals surface area (Å²) in [4.78, 5) is 18.8. The Bertz CT molecular complexity index is 648. The summed E-state index contributed by atoms with van der Waals surface area (Å²) in [5, 5.41) is 2.93. The SMILES string of the molecule is CCCN(CC)c1ccc(C(=O)NCCc2ccc(N)cc2)cn1.Cl.Cl. The van der Waals surface area contributed by atoms with Gasteiger partial charge in [-0.05, 0) is 49.6 Å². The summed E-state index contributed by atoms with van der Waals surface area (Å²) in [6.07, 6.45) is 3.49. The van der Waals surface area contributed by atoms with Gasteiger partial charge in [0.1, 0.15) is 5.82 Å². The number of benzene rings is 1. The first kappa shape index (κ1) is 24.0. The lowest BCUT2D eigenvalue weighted by Gasteiger charge is -2.21. The lowest BCUT2D eigenvalue weighted by atomic mass is 10.1. The first-order chi connectivity index (χ1) is 11.6. The summed E-state index contributed by atoms with van der Waals surface area (Å²) in [6, 6.07) is 11.4. The Balaban J connectivity index is 0.00000312. The summed E-state index contributed by atoms with van der Waals surface area (Å²) in [6.45, 7) is 6.72. The van der Waals surface area contributed by atoms with Gasteiger partial charge >= 0.3 is 0 Å². The van der Waals surface area contributed by atoms with Crippen molar-refractivity contribution in [1.82, 2.24) is 10.3 Å². The van der Waals surface area contributed by atoms with Crippen LogP contribution in [-0.4, -0.2) is 30.5 Å². The molecule has 0 atom stereocenters. The van der Waals surface area contributed by atoms with Gasteiger partial charge in [0.15, 0.2) is 0 Å². The Hall–Kier alpha value is -1.98. The maximum Gasteiger partial charge on any atom is 0.252 e. The van der Waals surface area contributed by atoms with Crippen LogP contribution in [0.4, 0.5) is 11.5 Å². The number of carbonyl (C=O) groups is 1. The summed E-state index contributed by atoms with van der Waals surface area (Å²) in [7, 11) is 0. The van der Waals surface area contributed by atoms with Gasteiger partial charge < -0.3 is 16.0 Å². The summed E-state index contributed by atoms with van der Waals surface area (Å²) < 4.78 is 0. The minimum absolute atomic E-state index is 0. The van der Waals surface area contributed by atoms with Crippen molar-refractivity contribution in [3.05, 3.63) is 53.7 Å². The van der Waals surface area contributed by atoms with Gasteiger partial charge in [-0.15, -0.1) is 24.8 Å². The van der Waals surface area contributed by atoms with Gasteiger partial charge in [-0.1, -0.05) is 19.1 Å². The molecule has 0 aliphatic carbocycles. The van der Waals surface area contributed by atoms with Gasteiger partial charge in [-0.25, -0.2) is 4.98 Å². The first-order valence-electron chi connectivity index (χ1n) is 8.47. The number of rotatable bonds is 8. The minimum atomic E-state index is -0.0944. The molecule has 0 aliphatic rings. The number of hydrogen-bond donors (Lipinski definition) is 2. The van der Waals surface area contributed by atoms with Crippen LogP contribution in [-0.2, 0) is 6.42 Å². The average Bonchev–Trinajstić information content (AvgIpc) is 2.61. The van der Waals surface area contributed by atoms with Crippen LogP contribution in [0, 0.1) is 0 Å². The quantitative estimate of drug-likeness (QED) is 0.664. The van der Waals surface area contributed by atoms with Crippen molar-refractivity contribution >= 4 is 42.2 Å². The van der Waals surface area contributed by atoms with Gasteiger partial charge in [0, 0.05) is 31.5 Å². The van der Waals surface area contributed by atoms with Crippen LogP contribution >= 0.6 is 24.8 Å². The monoisotopic (exact) mass is 398 g/mol. The molecule has 144 valence electrons. The van der Waals surface area contributed by atoms with E-state index in [1.54, 1.807) is 6.20 Å². The van der Waals surface area contributed by atoms with Gasteiger partial charge in [0.2, 0.25) is 0 Å². The molecule has 0 saturated heterocycles. The highest BCUT2D eigenvalue weighted by atomic mass is 35.5. The zero-order chi connectivity index (χ0) is 17.4. The number of anilines is 2. The highest BCUT2D eigenvalue weighted by molar-refractivity contribution is 5.94. The lowest BCUT2D eigenvalue weighted by Crippen LogP contribution is -2.27. The molecule has 26 heavy (non-hydrogen) atoms. The molecule has 0 aliphatic heterocycles. The van der Waals surface area contributed by atoms with Crippen LogP contribution in [0.5, 0.6) is 0 Å². The molecule has 5 nitrogen and oxygen atoms in total. The van der Waals surface area contributed by atoms with Crippen molar-refractivity contribution in [2.75, 3.05) is 30.3 Å². The van der Waals surface area contributed by atoms with Crippen molar-refractivity contribution in [3.63, 3.8) is 0 Å². The Labute approximate surface area is 168 Å². The highest BCUT2D eigenvalue weighted by Gasteiger charge is 2.08. The van der Waals surface area contributed by atoms with Gasteiger partial charge in [-0.3, -0.25) is 4.79 Å². The molecule has 0 saturated carbocycles. The molecule has 0 bridgehead atoms. The van der Waals surface area contributed by atoms with E-state index in [1.165, 1.54) is 0 Å². The van der Waals surface area contributed by atoms with Crippen molar-refractivity contribution in [2.24, 2.45) is 0 Å². The fourth-order valence-corrected chi connectivity index (χ4v) is 2.52. The van der Waals surface area contributed by atoms with E-state index >= 15 is 0 Å². The Morgan fingerprint density at radius 3 is 2.35 bits per heavy atom. The number of carbonyl (C=O) groups excluding carboxylic acids is 1. The van der Waals surface area contributed by atoms with E-state index in [0.29, 0.717) is 12.1 Å². The zero-order valence-corrected chi connectivity index (χ0v) is 16.9. The average molecular weight is 399 g/mol. The second kappa shape index (κ2) is 12.4. The molecule has 0 spiro atoms.